The Labute approximate surface area is 110 Å². The second-order valence-corrected chi connectivity index (χ2v) is 4.92. The largest absolute Gasteiger partial charge is 0.481 e. The summed E-state index contributed by atoms with van der Waals surface area (Å²) in [6, 6.07) is 0.0505. The predicted octanol–water partition coefficient (Wildman–Crippen LogP) is 0.197. The predicted molar refractivity (Wildman–Crippen MR) is 64.4 cm³/mol. The minimum atomic E-state index is -0.803. The van der Waals surface area contributed by atoms with Crippen LogP contribution in [-0.4, -0.2) is 53.2 Å². The van der Waals surface area contributed by atoms with Crippen molar-refractivity contribution in [3.05, 3.63) is 0 Å². The van der Waals surface area contributed by atoms with Crippen LogP contribution in [0, 0.1) is 5.92 Å². The molecule has 3 atom stereocenters. The Morgan fingerprint density at radius 2 is 2.11 bits per heavy atom. The van der Waals surface area contributed by atoms with Crippen LogP contribution in [0.2, 0.25) is 0 Å². The summed E-state index contributed by atoms with van der Waals surface area (Å²) in [4.78, 5) is 35.8. The van der Waals surface area contributed by atoms with Gasteiger partial charge in [-0.05, 0) is 26.2 Å². The lowest BCUT2D eigenvalue weighted by Crippen LogP contribution is -2.43. The molecule has 2 saturated heterocycles. The Morgan fingerprint density at radius 1 is 1.37 bits per heavy atom. The minimum absolute atomic E-state index is 0.0535. The molecule has 2 aliphatic rings. The van der Waals surface area contributed by atoms with Crippen molar-refractivity contribution in [3.8, 4) is 0 Å². The molecule has 2 amide bonds. The number of carboxylic acid groups (broad SMARTS) is 1. The first kappa shape index (κ1) is 13.8. The zero-order chi connectivity index (χ0) is 14.0. The highest BCUT2D eigenvalue weighted by atomic mass is 16.5. The van der Waals surface area contributed by atoms with E-state index in [0.717, 1.165) is 12.8 Å². The van der Waals surface area contributed by atoms with E-state index in [9.17, 15) is 14.4 Å². The molecule has 19 heavy (non-hydrogen) atoms. The van der Waals surface area contributed by atoms with E-state index < -0.39 is 23.9 Å². The number of nitrogens with zero attached hydrogens (tertiary/aromatic N) is 1. The fourth-order valence-corrected chi connectivity index (χ4v) is 3.10. The maximum absolute atomic E-state index is 11.7. The lowest BCUT2D eigenvalue weighted by Gasteiger charge is -2.21. The van der Waals surface area contributed by atoms with Crippen molar-refractivity contribution in [2.24, 2.45) is 5.92 Å². The molecule has 2 heterocycles. The summed E-state index contributed by atoms with van der Waals surface area (Å²) in [7, 11) is 0. The van der Waals surface area contributed by atoms with E-state index in [-0.39, 0.29) is 25.2 Å². The zero-order valence-corrected chi connectivity index (χ0v) is 10.8. The fourth-order valence-electron chi connectivity index (χ4n) is 3.10. The van der Waals surface area contributed by atoms with E-state index in [1.165, 1.54) is 0 Å². The standard InChI is InChI=1S/C12H18N2O5/c1-2-19-12(18)13-10(15)6-14-7-3-4-9(14)8(5-7)11(16)17/h7-9H,2-6H2,1H3,(H,16,17)(H,13,15,18). The topological polar surface area (TPSA) is 95.9 Å². The first-order valence-corrected chi connectivity index (χ1v) is 6.48. The highest BCUT2D eigenvalue weighted by Crippen LogP contribution is 2.41. The molecule has 7 nitrogen and oxygen atoms in total. The summed E-state index contributed by atoms with van der Waals surface area (Å²) < 4.78 is 4.62. The minimum Gasteiger partial charge on any atom is -0.481 e. The Balaban J connectivity index is 1.88. The van der Waals surface area contributed by atoms with Gasteiger partial charge in [-0.1, -0.05) is 0 Å². The van der Waals surface area contributed by atoms with Gasteiger partial charge < -0.3 is 9.84 Å². The highest BCUT2D eigenvalue weighted by Gasteiger charge is 2.49. The van der Waals surface area contributed by atoms with Gasteiger partial charge in [0, 0.05) is 12.1 Å². The average molecular weight is 270 g/mol. The zero-order valence-electron chi connectivity index (χ0n) is 10.8. The van der Waals surface area contributed by atoms with Crippen molar-refractivity contribution in [2.45, 2.75) is 38.3 Å². The van der Waals surface area contributed by atoms with Gasteiger partial charge in [-0.25, -0.2) is 4.79 Å². The number of alkyl carbamates (subject to hydrolysis) is 1. The Bertz CT molecular complexity index is 398. The van der Waals surface area contributed by atoms with Crippen LogP contribution in [0.3, 0.4) is 0 Å². The van der Waals surface area contributed by atoms with E-state index in [1.54, 1.807) is 6.92 Å². The van der Waals surface area contributed by atoms with Crippen molar-refractivity contribution in [2.75, 3.05) is 13.2 Å². The van der Waals surface area contributed by atoms with Crippen LogP contribution < -0.4 is 5.32 Å². The molecule has 0 aliphatic carbocycles. The third kappa shape index (κ3) is 2.86. The molecule has 0 saturated carbocycles. The van der Waals surface area contributed by atoms with Crippen LogP contribution in [0.15, 0.2) is 0 Å². The molecule has 2 fully saturated rings. The number of carbonyl (C=O) groups is 3. The maximum Gasteiger partial charge on any atom is 0.413 e. The second kappa shape index (κ2) is 5.56. The molecule has 0 aromatic heterocycles. The fraction of sp³-hybridized carbons (Fsp3) is 0.750. The van der Waals surface area contributed by atoms with Gasteiger partial charge in [-0.15, -0.1) is 0 Å². The number of carbonyl (C=O) groups excluding carboxylic acids is 2. The van der Waals surface area contributed by atoms with Crippen LogP contribution >= 0.6 is 0 Å². The van der Waals surface area contributed by atoms with Crippen LogP contribution in [-0.2, 0) is 14.3 Å². The summed E-state index contributed by atoms with van der Waals surface area (Å²) in [6.45, 7) is 1.91. The third-order valence-corrected chi connectivity index (χ3v) is 3.84. The van der Waals surface area contributed by atoms with Crippen LogP contribution in [0.1, 0.15) is 26.2 Å². The van der Waals surface area contributed by atoms with Crippen molar-refractivity contribution < 1.29 is 24.2 Å². The SMILES string of the molecule is CCOC(=O)NC(=O)CN1C2CCC1C(C(=O)O)C2. The van der Waals surface area contributed by atoms with Crippen LogP contribution in [0.25, 0.3) is 0 Å². The molecule has 0 spiro atoms. The number of imide groups is 1. The van der Waals surface area contributed by atoms with Gasteiger partial charge in [0.15, 0.2) is 0 Å². The van der Waals surface area contributed by atoms with Crippen LogP contribution in [0.5, 0.6) is 0 Å². The Hall–Kier alpha value is -1.63. The number of carboxylic acids is 1. The normalized spacial score (nSPS) is 29.2. The van der Waals surface area contributed by atoms with Gasteiger partial charge in [-0.3, -0.25) is 19.8 Å². The Kier molecular flexibility index (Phi) is 4.04. The number of amides is 2. The van der Waals surface area contributed by atoms with Crippen LogP contribution in [0.4, 0.5) is 4.79 Å². The quantitative estimate of drug-likeness (QED) is 0.757. The molecule has 106 valence electrons. The lowest BCUT2D eigenvalue weighted by atomic mass is 9.89. The van der Waals surface area contributed by atoms with E-state index in [0.29, 0.717) is 6.42 Å². The average Bonchev–Trinajstić information content (AvgIpc) is 2.86. The Morgan fingerprint density at radius 3 is 2.68 bits per heavy atom. The molecule has 7 heteroatoms. The number of hydrogen-bond donors (Lipinski definition) is 2. The van der Waals surface area contributed by atoms with Gasteiger partial charge >= 0.3 is 12.1 Å². The molecular weight excluding hydrogens is 252 g/mol. The molecule has 3 unspecified atom stereocenters. The van der Waals surface area contributed by atoms with Gasteiger partial charge in [0.1, 0.15) is 0 Å². The van der Waals surface area contributed by atoms with Crippen molar-refractivity contribution in [1.82, 2.24) is 10.2 Å². The molecule has 0 aromatic rings. The number of fused-ring (bicyclic) bond motifs is 2. The molecule has 0 aromatic carbocycles. The van der Waals surface area contributed by atoms with Crippen molar-refractivity contribution >= 4 is 18.0 Å². The van der Waals surface area contributed by atoms with Crippen molar-refractivity contribution in [1.29, 1.82) is 0 Å². The molecule has 2 N–H and O–H groups in total. The number of hydrogen-bond acceptors (Lipinski definition) is 5. The van der Waals surface area contributed by atoms with Gasteiger partial charge in [0.25, 0.3) is 0 Å². The molecule has 0 radical (unpaired) electrons. The van der Waals surface area contributed by atoms with Gasteiger partial charge in [0.2, 0.25) is 5.91 Å². The van der Waals surface area contributed by atoms with Gasteiger partial charge in [-0.2, -0.15) is 0 Å². The molecule has 2 rings (SSSR count). The molecule has 2 bridgehead atoms. The molecule has 2 aliphatic heterocycles. The van der Waals surface area contributed by atoms with Gasteiger partial charge in [0.05, 0.1) is 19.1 Å². The molecular formula is C12H18N2O5. The summed E-state index contributed by atoms with van der Waals surface area (Å²) >= 11 is 0. The maximum atomic E-state index is 11.7. The number of rotatable bonds is 4. The number of aliphatic carboxylic acids is 1. The summed E-state index contributed by atoms with van der Waals surface area (Å²) in [6.07, 6.45) is 1.55. The highest BCUT2D eigenvalue weighted by molar-refractivity contribution is 5.93. The third-order valence-electron chi connectivity index (χ3n) is 3.84. The lowest BCUT2D eigenvalue weighted by molar-refractivity contribution is -0.143. The van der Waals surface area contributed by atoms with E-state index in [2.05, 4.69) is 10.1 Å². The number of ether oxygens (including phenoxy) is 1. The first-order chi connectivity index (χ1) is 9.02. The summed E-state index contributed by atoms with van der Waals surface area (Å²) in [5, 5.41) is 11.2. The second-order valence-electron chi connectivity index (χ2n) is 4.92. The summed E-state index contributed by atoms with van der Waals surface area (Å²) in [5.41, 5.74) is 0. The van der Waals surface area contributed by atoms with E-state index in [4.69, 9.17) is 5.11 Å². The number of nitrogens with one attached hydrogen (secondary N) is 1. The smallest absolute Gasteiger partial charge is 0.413 e. The van der Waals surface area contributed by atoms with E-state index in [1.807, 2.05) is 4.90 Å². The van der Waals surface area contributed by atoms with Crippen molar-refractivity contribution in [3.63, 3.8) is 0 Å². The monoisotopic (exact) mass is 270 g/mol. The van der Waals surface area contributed by atoms with E-state index >= 15 is 0 Å². The first-order valence-electron chi connectivity index (χ1n) is 6.48. The summed E-state index contributed by atoms with van der Waals surface area (Å²) in [5.74, 6) is -1.64.